The van der Waals surface area contributed by atoms with E-state index in [1.165, 1.54) is 0 Å². The Hall–Kier alpha value is -1.77. The van der Waals surface area contributed by atoms with Crippen LogP contribution in [0.5, 0.6) is 0 Å². The molecule has 1 atom stereocenters. The van der Waals surface area contributed by atoms with Crippen LogP contribution in [0.1, 0.15) is 25.2 Å². The number of carbonyl (C=O) groups is 1. The van der Waals surface area contributed by atoms with Gasteiger partial charge in [0.25, 0.3) is 0 Å². The number of fused-ring (bicyclic) bond motifs is 1. The molecular weight excluding hydrogens is 216 g/mol. The van der Waals surface area contributed by atoms with Gasteiger partial charge in [0.2, 0.25) is 0 Å². The van der Waals surface area contributed by atoms with Crippen molar-refractivity contribution < 1.29 is 14.3 Å². The number of hydrogen-bond donors (Lipinski definition) is 1. The van der Waals surface area contributed by atoms with E-state index in [2.05, 4.69) is 0 Å². The van der Waals surface area contributed by atoms with Gasteiger partial charge in [-0.1, -0.05) is 32.0 Å². The van der Waals surface area contributed by atoms with Crippen LogP contribution in [0.3, 0.4) is 0 Å². The molecule has 0 saturated carbocycles. The summed E-state index contributed by atoms with van der Waals surface area (Å²) < 4.78 is 5.74. The number of benzene rings is 1. The summed E-state index contributed by atoms with van der Waals surface area (Å²) >= 11 is 0. The van der Waals surface area contributed by atoms with Gasteiger partial charge in [-0.3, -0.25) is 4.79 Å². The average Bonchev–Trinajstić information content (AvgIpc) is 2.67. The van der Waals surface area contributed by atoms with Gasteiger partial charge >= 0.3 is 5.97 Å². The summed E-state index contributed by atoms with van der Waals surface area (Å²) in [7, 11) is 0. The predicted molar refractivity (Wildman–Crippen MR) is 66.1 cm³/mol. The van der Waals surface area contributed by atoms with Crippen LogP contribution >= 0.6 is 0 Å². The number of carboxylic acids is 1. The van der Waals surface area contributed by atoms with E-state index in [1.54, 1.807) is 6.92 Å². The third-order valence-electron chi connectivity index (χ3n) is 3.03. The van der Waals surface area contributed by atoms with Gasteiger partial charge in [0, 0.05) is 17.4 Å². The van der Waals surface area contributed by atoms with E-state index in [0.29, 0.717) is 6.42 Å². The van der Waals surface area contributed by atoms with Gasteiger partial charge in [-0.25, -0.2) is 0 Å². The molecule has 0 fully saturated rings. The van der Waals surface area contributed by atoms with Crippen LogP contribution in [-0.4, -0.2) is 11.1 Å². The minimum absolute atomic E-state index is 0.388. The zero-order valence-corrected chi connectivity index (χ0v) is 10.1. The number of furan rings is 1. The third kappa shape index (κ3) is 2.18. The normalized spacial score (nSPS) is 12.8. The molecule has 1 aromatic heterocycles. The first-order valence-corrected chi connectivity index (χ1v) is 5.85. The Morgan fingerprint density at radius 2 is 2.12 bits per heavy atom. The lowest BCUT2D eigenvalue weighted by Crippen LogP contribution is -2.12. The van der Waals surface area contributed by atoms with E-state index in [0.717, 1.165) is 28.7 Å². The molecule has 0 aliphatic carbocycles. The summed E-state index contributed by atoms with van der Waals surface area (Å²) in [6.07, 6.45) is 1.31. The number of rotatable bonds is 4. The quantitative estimate of drug-likeness (QED) is 0.880. The molecule has 0 bridgehead atoms. The Kier molecular flexibility index (Phi) is 3.18. The van der Waals surface area contributed by atoms with E-state index in [4.69, 9.17) is 9.52 Å². The third-order valence-corrected chi connectivity index (χ3v) is 3.03. The lowest BCUT2D eigenvalue weighted by molar-refractivity contribution is -0.141. The van der Waals surface area contributed by atoms with Crippen LogP contribution in [0.2, 0.25) is 0 Å². The maximum Gasteiger partial charge on any atom is 0.306 e. The standard InChI is InChI=1S/C14H16O3/c1-3-12-11(8-9(2)14(15)16)10-6-4-5-7-13(10)17-12/h4-7,9H,3,8H2,1-2H3,(H,15,16). The summed E-state index contributed by atoms with van der Waals surface area (Å²) in [6, 6.07) is 7.78. The molecule has 3 heteroatoms. The molecule has 3 nitrogen and oxygen atoms in total. The van der Waals surface area contributed by atoms with Crippen LogP contribution in [0.15, 0.2) is 28.7 Å². The fourth-order valence-electron chi connectivity index (χ4n) is 2.05. The van der Waals surface area contributed by atoms with Gasteiger partial charge in [-0.05, 0) is 12.5 Å². The van der Waals surface area contributed by atoms with Crippen molar-refractivity contribution in [2.75, 3.05) is 0 Å². The molecule has 0 aliphatic heterocycles. The van der Waals surface area contributed by atoms with Crippen molar-refractivity contribution >= 4 is 16.9 Å². The molecule has 1 aromatic carbocycles. The second-order valence-corrected chi connectivity index (χ2v) is 4.30. The van der Waals surface area contributed by atoms with Crippen molar-refractivity contribution in [2.24, 2.45) is 5.92 Å². The average molecular weight is 232 g/mol. The highest BCUT2D eigenvalue weighted by Crippen LogP contribution is 2.28. The lowest BCUT2D eigenvalue weighted by Gasteiger charge is -2.05. The van der Waals surface area contributed by atoms with Gasteiger partial charge in [-0.2, -0.15) is 0 Å². The Labute approximate surface area is 100 Å². The van der Waals surface area contributed by atoms with Crippen molar-refractivity contribution in [2.45, 2.75) is 26.7 Å². The summed E-state index contributed by atoms with van der Waals surface area (Å²) in [5.41, 5.74) is 1.88. The molecule has 2 rings (SSSR count). The Balaban J connectivity index is 2.46. The summed E-state index contributed by atoms with van der Waals surface area (Å²) in [5.74, 6) is -0.252. The van der Waals surface area contributed by atoms with Crippen LogP contribution in [0, 0.1) is 5.92 Å². The number of para-hydroxylation sites is 1. The lowest BCUT2D eigenvalue weighted by atomic mass is 9.98. The molecule has 0 amide bonds. The van der Waals surface area contributed by atoms with E-state index in [1.807, 2.05) is 31.2 Å². The zero-order chi connectivity index (χ0) is 12.4. The first-order valence-electron chi connectivity index (χ1n) is 5.85. The highest BCUT2D eigenvalue weighted by Gasteiger charge is 2.18. The number of aliphatic carboxylic acids is 1. The molecule has 90 valence electrons. The van der Waals surface area contributed by atoms with Crippen molar-refractivity contribution in [1.82, 2.24) is 0 Å². The smallest absolute Gasteiger partial charge is 0.306 e. The van der Waals surface area contributed by atoms with Gasteiger partial charge in [0.05, 0.1) is 5.92 Å². The Morgan fingerprint density at radius 3 is 2.76 bits per heavy atom. The number of aryl methyl sites for hydroxylation is 1. The fourth-order valence-corrected chi connectivity index (χ4v) is 2.05. The van der Waals surface area contributed by atoms with Crippen LogP contribution in [-0.2, 0) is 17.6 Å². The molecule has 0 saturated heterocycles. The Morgan fingerprint density at radius 1 is 1.41 bits per heavy atom. The van der Waals surface area contributed by atoms with Crippen LogP contribution in [0.4, 0.5) is 0 Å². The minimum atomic E-state index is -0.766. The molecule has 1 unspecified atom stereocenters. The Bertz CT molecular complexity index is 539. The first kappa shape index (κ1) is 11.7. The second-order valence-electron chi connectivity index (χ2n) is 4.30. The van der Waals surface area contributed by atoms with E-state index < -0.39 is 5.97 Å². The molecule has 1 heterocycles. The molecular formula is C14H16O3. The first-order chi connectivity index (χ1) is 8.13. The highest BCUT2D eigenvalue weighted by molar-refractivity contribution is 5.83. The van der Waals surface area contributed by atoms with Crippen LogP contribution < -0.4 is 0 Å². The van der Waals surface area contributed by atoms with E-state index in [-0.39, 0.29) is 5.92 Å². The second kappa shape index (κ2) is 4.62. The predicted octanol–water partition coefficient (Wildman–Crippen LogP) is 3.26. The molecule has 17 heavy (non-hydrogen) atoms. The van der Waals surface area contributed by atoms with Gasteiger partial charge < -0.3 is 9.52 Å². The van der Waals surface area contributed by atoms with Crippen LogP contribution in [0.25, 0.3) is 11.0 Å². The maximum absolute atomic E-state index is 10.9. The van der Waals surface area contributed by atoms with Crippen molar-refractivity contribution in [3.05, 3.63) is 35.6 Å². The van der Waals surface area contributed by atoms with Crippen molar-refractivity contribution in [3.8, 4) is 0 Å². The van der Waals surface area contributed by atoms with Crippen molar-refractivity contribution in [1.29, 1.82) is 0 Å². The number of hydrogen-bond acceptors (Lipinski definition) is 2. The highest BCUT2D eigenvalue weighted by atomic mass is 16.4. The monoisotopic (exact) mass is 232 g/mol. The summed E-state index contributed by atoms with van der Waals surface area (Å²) in [6.45, 7) is 3.75. The largest absolute Gasteiger partial charge is 0.481 e. The topological polar surface area (TPSA) is 50.4 Å². The zero-order valence-electron chi connectivity index (χ0n) is 10.1. The molecule has 0 radical (unpaired) electrons. The molecule has 2 aromatic rings. The van der Waals surface area contributed by atoms with E-state index in [9.17, 15) is 4.79 Å². The summed E-state index contributed by atoms with van der Waals surface area (Å²) in [5, 5.41) is 10.0. The van der Waals surface area contributed by atoms with E-state index >= 15 is 0 Å². The minimum Gasteiger partial charge on any atom is -0.481 e. The number of carboxylic acid groups (broad SMARTS) is 1. The fraction of sp³-hybridized carbons (Fsp3) is 0.357. The maximum atomic E-state index is 10.9. The van der Waals surface area contributed by atoms with Crippen molar-refractivity contribution in [3.63, 3.8) is 0 Å². The van der Waals surface area contributed by atoms with Gasteiger partial charge in [0.1, 0.15) is 11.3 Å². The van der Waals surface area contributed by atoms with Gasteiger partial charge in [0.15, 0.2) is 0 Å². The SMILES string of the molecule is CCc1oc2ccccc2c1CC(C)C(=O)O. The van der Waals surface area contributed by atoms with Gasteiger partial charge in [-0.15, -0.1) is 0 Å². The summed E-state index contributed by atoms with van der Waals surface area (Å²) in [4.78, 5) is 10.9. The molecule has 0 aliphatic rings. The molecule has 0 spiro atoms. The molecule has 1 N–H and O–H groups in total.